The van der Waals surface area contributed by atoms with E-state index in [1.807, 2.05) is 34.8 Å². The van der Waals surface area contributed by atoms with Crippen molar-refractivity contribution in [3.63, 3.8) is 0 Å². The van der Waals surface area contributed by atoms with Crippen LogP contribution in [0.15, 0.2) is 18.3 Å². The molecule has 0 fully saturated rings. The van der Waals surface area contributed by atoms with Crippen molar-refractivity contribution in [3.8, 4) is 0 Å². The maximum atomic E-state index is 12.9. The maximum absolute atomic E-state index is 12.9. The molecule has 6 heteroatoms. The first-order valence-electron chi connectivity index (χ1n) is 9.07. The van der Waals surface area contributed by atoms with Crippen molar-refractivity contribution in [3.05, 3.63) is 24.0 Å². The van der Waals surface area contributed by atoms with Gasteiger partial charge in [-0.05, 0) is 31.4 Å². The van der Waals surface area contributed by atoms with Crippen LogP contribution >= 0.6 is 11.6 Å². The molecule has 0 unspecified atom stereocenters. The minimum Gasteiger partial charge on any atom is -0.353 e. The van der Waals surface area contributed by atoms with Gasteiger partial charge in [-0.15, -0.1) is 11.6 Å². The third-order valence-corrected chi connectivity index (χ3v) is 4.29. The Hall–Kier alpha value is -1.49. The fraction of sp³-hybridized carbons (Fsp3) is 0.684. The Kier molecular flexibility index (Phi) is 9.04. The van der Waals surface area contributed by atoms with Gasteiger partial charge in [-0.3, -0.25) is 9.59 Å². The fourth-order valence-electron chi connectivity index (χ4n) is 2.68. The molecule has 1 aromatic heterocycles. The van der Waals surface area contributed by atoms with E-state index in [1.165, 1.54) is 0 Å². The first-order chi connectivity index (χ1) is 11.8. The third kappa shape index (κ3) is 7.10. The number of alkyl halides is 1. The van der Waals surface area contributed by atoms with Crippen LogP contribution < -0.4 is 0 Å². The molecule has 0 radical (unpaired) electrons. The molecule has 0 aliphatic heterocycles. The molecule has 142 valence electrons. The van der Waals surface area contributed by atoms with Gasteiger partial charge in [0.05, 0.1) is 13.1 Å². The number of nitrogens with zero attached hydrogens (tertiary/aromatic N) is 3. The lowest BCUT2D eigenvalue weighted by Gasteiger charge is -2.29. The van der Waals surface area contributed by atoms with E-state index in [-0.39, 0.29) is 18.4 Å². The van der Waals surface area contributed by atoms with Gasteiger partial charge in [0, 0.05) is 32.0 Å². The van der Waals surface area contributed by atoms with Crippen LogP contribution in [0.3, 0.4) is 0 Å². The number of halogens is 1. The van der Waals surface area contributed by atoms with Gasteiger partial charge in [0.25, 0.3) is 0 Å². The van der Waals surface area contributed by atoms with Crippen molar-refractivity contribution in [2.75, 3.05) is 19.6 Å². The molecule has 25 heavy (non-hydrogen) atoms. The summed E-state index contributed by atoms with van der Waals surface area (Å²) in [4.78, 5) is 28.7. The van der Waals surface area contributed by atoms with Gasteiger partial charge in [0.2, 0.25) is 11.8 Å². The van der Waals surface area contributed by atoms with Gasteiger partial charge in [0.15, 0.2) is 0 Å². The Morgan fingerprint density at radius 1 is 1.24 bits per heavy atom. The van der Waals surface area contributed by atoms with Gasteiger partial charge < -0.3 is 14.4 Å². The van der Waals surface area contributed by atoms with Crippen LogP contribution in [0.2, 0.25) is 0 Å². The second-order valence-electron chi connectivity index (χ2n) is 7.01. The Labute approximate surface area is 156 Å². The molecule has 0 bridgehead atoms. The number of hydrogen-bond acceptors (Lipinski definition) is 2. The van der Waals surface area contributed by atoms with Gasteiger partial charge in [-0.25, -0.2) is 0 Å². The zero-order valence-corrected chi connectivity index (χ0v) is 16.9. The van der Waals surface area contributed by atoms with Gasteiger partial charge in [-0.2, -0.15) is 0 Å². The highest BCUT2D eigenvalue weighted by atomic mass is 35.5. The molecule has 0 saturated carbocycles. The van der Waals surface area contributed by atoms with E-state index < -0.39 is 5.38 Å². The molecule has 5 nitrogen and oxygen atoms in total. The van der Waals surface area contributed by atoms with E-state index in [2.05, 4.69) is 20.8 Å². The summed E-state index contributed by atoms with van der Waals surface area (Å²) in [6.07, 6.45) is 3.80. The summed E-state index contributed by atoms with van der Waals surface area (Å²) < 4.78 is 2.02. The molecule has 0 saturated heterocycles. The van der Waals surface area contributed by atoms with Crippen LogP contribution in [0.4, 0.5) is 0 Å². The lowest BCUT2D eigenvalue weighted by molar-refractivity contribution is -0.141. The molecule has 0 aliphatic rings. The molecule has 0 aliphatic carbocycles. The lowest BCUT2D eigenvalue weighted by Crippen LogP contribution is -2.46. The molecular weight excluding hydrogens is 338 g/mol. The second-order valence-corrected chi connectivity index (χ2v) is 7.66. The summed E-state index contributed by atoms with van der Waals surface area (Å²) in [5.74, 6) is 0.152. The van der Waals surface area contributed by atoms with Crippen molar-refractivity contribution in [1.82, 2.24) is 14.4 Å². The average molecular weight is 370 g/mol. The smallest absolute Gasteiger partial charge is 0.242 e. The number of unbranched alkanes of at least 4 members (excludes halogenated alkanes) is 1. The Balaban J connectivity index is 2.86. The summed E-state index contributed by atoms with van der Waals surface area (Å²) in [5.41, 5.74) is 1.08. The highest BCUT2D eigenvalue weighted by Gasteiger charge is 2.24. The zero-order valence-electron chi connectivity index (χ0n) is 16.2. The second kappa shape index (κ2) is 10.5. The maximum Gasteiger partial charge on any atom is 0.242 e. The average Bonchev–Trinajstić information content (AvgIpc) is 2.94. The molecule has 1 rings (SSSR count). The van der Waals surface area contributed by atoms with Crippen molar-refractivity contribution in [1.29, 1.82) is 0 Å². The van der Waals surface area contributed by atoms with Crippen molar-refractivity contribution in [2.24, 2.45) is 13.0 Å². The minimum absolute atomic E-state index is 0.0309. The summed E-state index contributed by atoms with van der Waals surface area (Å²) in [5, 5.41) is -0.615. The van der Waals surface area contributed by atoms with E-state index in [0.717, 1.165) is 18.5 Å². The number of aryl methyl sites for hydroxylation is 1. The normalized spacial score (nSPS) is 12.3. The quantitative estimate of drug-likeness (QED) is 0.594. The van der Waals surface area contributed by atoms with Crippen LogP contribution in [0.5, 0.6) is 0 Å². The number of carbonyl (C=O) groups is 2. The standard InChI is InChI=1S/C19H32ClN3O2/c1-6-7-11-22(19(25)16(4)20)14-18(24)23(12-15(2)3)13-17-9-8-10-21(17)5/h8-10,15-16H,6-7,11-14H2,1-5H3/t16-/m1/s1. The number of hydrogen-bond donors (Lipinski definition) is 0. The first kappa shape index (κ1) is 21.6. The topological polar surface area (TPSA) is 45.6 Å². The van der Waals surface area contributed by atoms with Crippen LogP contribution in [0, 0.1) is 5.92 Å². The highest BCUT2D eigenvalue weighted by Crippen LogP contribution is 2.11. The number of amides is 2. The minimum atomic E-state index is -0.615. The third-order valence-electron chi connectivity index (χ3n) is 4.10. The van der Waals surface area contributed by atoms with Crippen molar-refractivity contribution < 1.29 is 9.59 Å². The van der Waals surface area contributed by atoms with Gasteiger partial charge in [-0.1, -0.05) is 27.2 Å². The largest absolute Gasteiger partial charge is 0.353 e. The fourth-order valence-corrected chi connectivity index (χ4v) is 2.82. The highest BCUT2D eigenvalue weighted by molar-refractivity contribution is 6.30. The first-order valence-corrected chi connectivity index (χ1v) is 9.50. The monoisotopic (exact) mass is 369 g/mol. The predicted octanol–water partition coefficient (Wildman–Crippen LogP) is 3.27. The lowest BCUT2D eigenvalue weighted by atomic mass is 10.2. The zero-order chi connectivity index (χ0) is 19.0. The van der Waals surface area contributed by atoms with E-state index in [1.54, 1.807) is 11.8 Å². The predicted molar refractivity (Wildman–Crippen MR) is 102 cm³/mol. The Bertz CT molecular complexity index is 555. The van der Waals surface area contributed by atoms with Crippen molar-refractivity contribution in [2.45, 2.75) is 52.5 Å². The Morgan fingerprint density at radius 2 is 1.92 bits per heavy atom. The summed E-state index contributed by atoms with van der Waals surface area (Å²) >= 11 is 5.97. The molecule has 1 heterocycles. The molecule has 2 amide bonds. The molecular formula is C19H32ClN3O2. The molecule has 0 aromatic carbocycles. The van der Waals surface area contributed by atoms with Crippen LogP contribution in [-0.4, -0.2) is 51.2 Å². The van der Waals surface area contributed by atoms with Crippen LogP contribution in [0.25, 0.3) is 0 Å². The molecule has 1 aromatic rings. The van der Waals surface area contributed by atoms with Gasteiger partial charge in [0.1, 0.15) is 5.38 Å². The SMILES string of the molecule is CCCCN(CC(=O)N(Cc1cccn1C)CC(C)C)C(=O)[C@@H](C)Cl. The number of aromatic nitrogens is 1. The van der Waals surface area contributed by atoms with Crippen molar-refractivity contribution >= 4 is 23.4 Å². The van der Waals surface area contributed by atoms with E-state index in [0.29, 0.717) is 25.6 Å². The molecule has 1 atom stereocenters. The van der Waals surface area contributed by atoms with E-state index in [9.17, 15) is 9.59 Å². The summed E-state index contributed by atoms with van der Waals surface area (Å²) in [6.45, 7) is 9.77. The number of rotatable bonds is 10. The summed E-state index contributed by atoms with van der Waals surface area (Å²) in [7, 11) is 1.97. The van der Waals surface area contributed by atoms with Gasteiger partial charge >= 0.3 is 0 Å². The van der Waals surface area contributed by atoms with E-state index in [4.69, 9.17) is 11.6 Å². The van der Waals surface area contributed by atoms with Crippen LogP contribution in [-0.2, 0) is 23.2 Å². The molecule has 0 spiro atoms. The Morgan fingerprint density at radius 3 is 2.40 bits per heavy atom. The number of carbonyl (C=O) groups excluding carboxylic acids is 2. The molecule has 0 N–H and O–H groups in total. The van der Waals surface area contributed by atoms with E-state index >= 15 is 0 Å². The van der Waals surface area contributed by atoms with Crippen LogP contribution in [0.1, 0.15) is 46.2 Å². The summed E-state index contributed by atoms with van der Waals surface area (Å²) in [6, 6.07) is 3.99.